The molecular formula is C10H14ClN3O2. The van der Waals surface area contributed by atoms with E-state index in [0.29, 0.717) is 12.2 Å². The van der Waals surface area contributed by atoms with Crippen molar-refractivity contribution in [3.05, 3.63) is 17.5 Å². The van der Waals surface area contributed by atoms with Gasteiger partial charge in [-0.3, -0.25) is 0 Å². The summed E-state index contributed by atoms with van der Waals surface area (Å²) >= 11 is 5.78. The van der Waals surface area contributed by atoms with Crippen LogP contribution >= 0.6 is 11.6 Å². The maximum atomic E-state index is 11.0. The number of aliphatic carboxylic acids is 1. The highest BCUT2D eigenvalue weighted by atomic mass is 35.5. The first-order valence-corrected chi connectivity index (χ1v) is 5.48. The Bertz CT molecular complexity index is 360. The first kappa shape index (κ1) is 12.7. The van der Waals surface area contributed by atoms with E-state index >= 15 is 0 Å². The summed E-state index contributed by atoms with van der Waals surface area (Å²) in [5.41, 5.74) is 0. The van der Waals surface area contributed by atoms with Gasteiger partial charge in [0.2, 0.25) is 0 Å². The lowest BCUT2D eigenvalue weighted by Gasteiger charge is -2.14. The summed E-state index contributed by atoms with van der Waals surface area (Å²) < 4.78 is 0. The summed E-state index contributed by atoms with van der Waals surface area (Å²) in [6, 6.07) is -0.672. The standard InChI is InChI=1S/C10H14ClN3O2/c1-2-3-4-7(10(15)16)14-9-8(11)12-5-6-13-9/h5-7H,2-4H2,1H3,(H,13,14)(H,15,16). The summed E-state index contributed by atoms with van der Waals surface area (Å²) in [6.07, 6.45) is 5.24. The first-order chi connectivity index (χ1) is 7.65. The third-order valence-corrected chi connectivity index (χ3v) is 2.39. The van der Waals surface area contributed by atoms with Crippen molar-refractivity contribution in [3.8, 4) is 0 Å². The second kappa shape index (κ2) is 6.27. The number of carboxylic acids is 1. The SMILES string of the molecule is CCCCC(Nc1nccnc1Cl)C(=O)O. The van der Waals surface area contributed by atoms with Gasteiger partial charge in [-0.15, -0.1) is 0 Å². The lowest BCUT2D eigenvalue weighted by atomic mass is 10.1. The lowest BCUT2D eigenvalue weighted by molar-refractivity contribution is -0.138. The number of aromatic nitrogens is 2. The molecule has 1 aromatic rings. The van der Waals surface area contributed by atoms with E-state index in [0.717, 1.165) is 12.8 Å². The molecule has 0 saturated heterocycles. The van der Waals surface area contributed by atoms with E-state index in [4.69, 9.17) is 16.7 Å². The predicted molar refractivity (Wildman–Crippen MR) is 61.6 cm³/mol. The van der Waals surface area contributed by atoms with E-state index in [1.807, 2.05) is 6.92 Å². The molecule has 0 fully saturated rings. The van der Waals surface area contributed by atoms with E-state index in [1.54, 1.807) is 0 Å². The van der Waals surface area contributed by atoms with Gasteiger partial charge in [0.1, 0.15) is 6.04 Å². The number of halogens is 1. The average Bonchev–Trinajstić information content (AvgIpc) is 2.26. The van der Waals surface area contributed by atoms with Crippen molar-refractivity contribution in [2.75, 3.05) is 5.32 Å². The smallest absolute Gasteiger partial charge is 0.326 e. The number of hydrogen-bond acceptors (Lipinski definition) is 4. The van der Waals surface area contributed by atoms with E-state index < -0.39 is 12.0 Å². The summed E-state index contributed by atoms with van der Waals surface area (Å²) in [7, 11) is 0. The third kappa shape index (κ3) is 3.66. The molecule has 0 saturated carbocycles. The maximum Gasteiger partial charge on any atom is 0.326 e. The number of rotatable bonds is 6. The van der Waals surface area contributed by atoms with Gasteiger partial charge < -0.3 is 10.4 Å². The number of nitrogens with zero attached hydrogens (tertiary/aromatic N) is 2. The quantitative estimate of drug-likeness (QED) is 0.801. The fraction of sp³-hybridized carbons (Fsp3) is 0.500. The Hall–Kier alpha value is -1.36. The lowest BCUT2D eigenvalue weighted by Crippen LogP contribution is -2.29. The van der Waals surface area contributed by atoms with Gasteiger partial charge in [-0.25, -0.2) is 14.8 Å². The number of hydrogen-bond donors (Lipinski definition) is 2. The highest BCUT2D eigenvalue weighted by Gasteiger charge is 2.18. The fourth-order valence-electron chi connectivity index (χ4n) is 1.25. The molecule has 0 bridgehead atoms. The van der Waals surface area contributed by atoms with Crippen LogP contribution in [-0.2, 0) is 4.79 Å². The molecule has 0 aliphatic carbocycles. The van der Waals surface area contributed by atoms with Gasteiger partial charge in [0.05, 0.1) is 0 Å². The van der Waals surface area contributed by atoms with Crippen molar-refractivity contribution in [2.45, 2.75) is 32.2 Å². The monoisotopic (exact) mass is 243 g/mol. The van der Waals surface area contributed by atoms with Crippen LogP contribution in [-0.4, -0.2) is 27.1 Å². The molecule has 1 aromatic heterocycles. The minimum atomic E-state index is -0.907. The van der Waals surface area contributed by atoms with Crippen LogP contribution in [0.4, 0.5) is 5.82 Å². The van der Waals surface area contributed by atoms with Crippen molar-refractivity contribution in [2.24, 2.45) is 0 Å². The molecule has 5 nitrogen and oxygen atoms in total. The van der Waals surface area contributed by atoms with Crippen LogP contribution in [0.15, 0.2) is 12.4 Å². The van der Waals surface area contributed by atoms with Gasteiger partial charge in [0, 0.05) is 12.4 Å². The number of carbonyl (C=O) groups is 1. The van der Waals surface area contributed by atoms with Gasteiger partial charge >= 0.3 is 5.97 Å². The van der Waals surface area contributed by atoms with E-state index in [2.05, 4.69) is 15.3 Å². The van der Waals surface area contributed by atoms with Crippen LogP contribution in [0.2, 0.25) is 5.15 Å². The zero-order valence-corrected chi connectivity index (χ0v) is 9.74. The van der Waals surface area contributed by atoms with E-state index in [1.165, 1.54) is 12.4 Å². The normalized spacial score (nSPS) is 12.1. The van der Waals surface area contributed by atoms with Crippen molar-refractivity contribution >= 4 is 23.4 Å². The molecule has 0 amide bonds. The molecular weight excluding hydrogens is 230 g/mol. The molecule has 1 rings (SSSR count). The molecule has 0 aliphatic rings. The van der Waals surface area contributed by atoms with E-state index in [9.17, 15) is 4.79 Å². The Balaban J connectivity index is 2.68. The fourth-order valence-corrected chi connectivity index (χ4v) is 1.41. The summed E-state index contributed by atoms with van der Waals surface area (Å²) in [5, 5.41) is 12.0. The molecule has 1 heterocycles. The highest BCUT2D eigenvalue weighted by Crippen LogP contribution is 2.16. The van der Waals surface area contributed by atoms with Crippen molar-refractivity contribution in [1.82, 2.24) is 9.97 Å². The third-order valence-electron chi connectivity index (χ3n) is 2.11. The zero-order valence-electron chi connectivity index (χ0n) is 8.98. The second-order valence-corrected chi connectivity index (χ2v) is 3.73. The van der Waals surface area contributed by atoms with Gasteiger partial charge in [-0.2, -0.15) is 0 Å². The number of anilines is 1. The Kier molecular flexibility index (Phi) is 4.98. The average molecular weight is 244 g/mol. The first-order valence-electron chi connectivity index (χ1n) is 5.11. The molecule has 0 aliphatic heterocycles. The van der Waals surface area contributed by atoms with Crippen LogP contribution in [0.1, 0.15) is 26.2 Å². The number of nitrogens with one attached hydrogen (secondary N) is 1. The summed E-state index contributed by atoms with van der Waals surface area (Å²) in [4.78, 5) is 18.7. The molecule has 16 heavy (non-hydrogen) atoms. The minimum Gasteiger partial charge on any atom is -0.480 e. The van der Waals surface area contributed by atoms with Crippen LogP contribution in [0.3, 0.4) is 0 Å². The second-order valence-electron chi connectivity index (χ2n) is 3.37. The molecule has 2 N–H and O–H groups in total. The molecule has 0 aromatic carbocycles. The van der Waals surface area contributed by atoms with Crippen molar-refractivity contribution in [3.63, 3.8) is 0 Å². The Labute approximate surface area is 98.9 Å². The zero-order chi connectivity index (χ0) is 12.0. The largest absolute Gasteiger partial charge is 0.480 e. The highest BCUT2D eigenvalue weighted by molar-refractivity contribution is 6.31. The molecule has 1 atom stereocenters. The van der Waals surface area contributed by atoms with Crippen molar-refractivity contribution < 1.29 is 9.90 Å². The van der Waals surface area contributed by atoms with E-state index in [-0.39, 0.29) is 5.15 Å². The van der Waals surface area contributed by atoms with Gasteiger partial charge in [-0.05, 0) is 6.42 Å². The predicted octanol–water partition coefficient (Wildman–Crippen LogP) is 2.19. The van der Waals surface area contributed by atoms with Gasteiger partial charge in [0.25, 0.3) is 0 Å². The Morgan fingerprint density at radius 1 is 1.56 bits per heavy atom. The Morgan fingerprint density at radius 2 is 2.25 bits per heavy atom. The molecule has 1 unspecified atom stereocenters. The molecule has 0 radical (unpaired) electrons. The maximum absolute atomic E-state index is 11.0. The van der Waals surface area contributed by atoms with Gasteiger partial charge in [0.15, 0.2) is 11.0 Å². The summed E-state index contributed by atoms with van der Waals surface area (Å²) in [5.74, 6) is -0.595. The topological polar surface area (TPSA) is 75.1 Å². The Morgan fingerprint density at radius 3 is 2.81 bits per heavy atom. The van der Waals surface area contributed by atoms with Crippen LogP contribution in [0.25, 0.3) is 0 Å². The minimum absolute atomic E-state index is 0.185. The molecule has 88 valence electrons. The van der Waals surface area contributed by atoms with Crippen LogP contribution < -0.4 is 5.32 Å². The molecule has 6 heteroatoms. The number of unbranched alkanes of at least 4 members (excludes halogenated alkanes) is 1. The van der Waals surface area contributed by atoms with Crippen molar-refractivity contribution in [1.29, 1.82) is 0 Å². The van der Waals surface area contributed by atoms with Gasteiger partial charge in [-0.1, -0.05) is 31.4 Å². The molecule has 0 spiro atoms. The van der Waals surface area contributed by atoms with Crippen LogP contribution in [0.5, 0.6) is 0 Å². The number of carboxylic acid groups (broad SMARTS) is 1. The summed E-state index contributed by atoms with van der Waals surface area (Å²) in [6.45, 7) is 2.01. The van der Waals surface area contributed by atoms with Crippen LogP contribution in [0, 0.1) is 0 Å².